The lowest BCUT2D eigenvalue weighted by molar-refractivity contribution is -0.113. The number of benzene rings is 2. The number of amides is 1. The molecule has 3 aromatic rings. The molecule has 0 aliphatic carbocycles. The average molecular weight is 375 g/mol. The molecule has 0 aliphatic rings. The number of aromatic nitrogens is 1. The Morgan fingerprint density at radius 3 is 2.59 bits per heavy atom. The summed E-state index contributed by atoms with van der Waals surface area (Å²) in [6.07, 6.45) is 3.27. The third-order valence-corrected chi connectivity index (χ3v) is 4.58. The molecule has 0 atom stereocenters. The van der Waals surface area contributed by atoms with Gasteiger partial charge in [0.25, 0.3) is 5.91 Å². The van der Waals surface area contributed by atoms with Crippen molar-refractivity contribution in [1.29, 1.82) is 5.26 Å². The Labute approximate surface area is 161 Å². The number of hydrogen-bond donors (Lipinski definition) is 0. The molecule has 0 fully saturated rings. The number of anilines is 2. The second-order valence-electron chi connectivity index (χ2n) is 5.63. The second kappa shape index (κ2) is 8.79. The van der Waals surface area contributed by atoms with Gasteiger partial charge in [0.2, 0.25) is 0 Å². The van der Waals surface area contributed by atoms with Gasteiger partial charge in [0.15, 0.2) is 11.7 Å². The molecule has 6 heteroatoms. The SMILES string of the molecule is Cc1csc(N(C(=O)C=Cc2ccc(OCC#N)cc2)c2ccccc2)n1. The minimum absolute atomic E-state index is 0.00688. The standard InChI is InChI=1S/C21H17N3O2S/c1-16-15-27-21(23-16)24(18-5-3-2-4-6-18)20(25)12-9-17-7-10-19(11-8-17)26-14-13-22/h2-12,15H,14H2,1H3. The number of carbonyl (C=O) groups excluding carboxylic acids is 1. The molecule has 2 aromatic carbocycles. The first kappa shape index (κ1) is 18.4. The van der Waals surface area contributed by atoms with Crippen LogP contribution in [0.3, 0.4) is 0 Å². The number of aryl methyl sites for hydroxylation is 1. The van der Waals surface area contributed by atoms with Crippen LogP contribution in [-0.4, -0.2) is 17.5 Å². The first-order chi connectivity index (χ1) is 13.2. The van der Waals surface area contributed by atoms with Gasteiger partial charge in [-0.2, -0.15) is 5.26 Å². The van der Waals surface area contributed by atoms with Gasteiger partial charge in [0, 0.05) is 11.5 Å². The molecule has 0 saturated heterocycles. The van der Waals surface area contributed by atoms with Gasteiger partial charge in [-0.05, 0) is 42.8 Å². The van der Waals surface area contributed by atoms with Crippen molar-refractivity contribution in [2.24, 2.45) is 0 Å². The lowest BCUT2D eigenvalue weighted by Crippen LogP contribution is -2.23. The number of carbonyl (C=O) groups is 1. The van der Waals surface area contributed by atoms with Crippen molar-refractivity contribution in [2.45, 2.75) is 6.92 Å². The smallest absolute Gasteiger partial charge is 0.257 e. The molecule has 134 valence electrons. The summed E-state index contributed by atoms with van der Waals surface area (Å²) in [5.41, 5.74) is 2.50. The molecule has 0 aliphatic heterocycles. The van der Waals surface area contributed by atoms with E-state index in [0.717, 1.165) is 16.9 Å². The van der Waals surface area contributed by atoms with Crippen LogP contribution in [0.1, 0.15) is 11.3 Å². The number of nitrogens with zero attached hydrogens (tertiary/aromatic N) is 3. The largest absolute Gasteiger partial charge is 0.479 e. The summed E-state index contributed by atoms with van der Waals surface area (Å²) in [4.78, 5) is 18.9. The van der Waals surface area contributed by atoms with Gasteiger partial charge in [-0.3, -0.25) is 9.69 Å². The van der Waals surface area contributed by atoms with Gasteiger partial charge >= 0.3 is 0 Å². The predicted octanol–water partition coefficient (Wildman–Crippen LogP) is 4.73. The molecule has 3 rings (SSSR count). The van der Waals surface area contributed by atoms with Crippen molar-refractivity contribution in [1.82, 2.24) is 4.98 Å². The fourth-order valence-electron chi connectivity index (χ4n) is 2.39. The molecule has 0 spiro atoms. The molecule has 1 heterocycles. The zero-order valence-electron chi connectivity index (χ0n) is 14.7. The molecule has 0 N–H and O–H groups in total. The molecule has 1 amide bonds. The van der Waals surface area contributed by atoms with Crippen molar-refractivity contribution < 1.29 is 9.53 Å². The van der Waals surface area contributed by atoms with Crippen molar-refractivity contribution in [2.75, 3.05) is 11.5 Å². The van der Waals surface area contributed by atoms with Crippen LogP contribution in [0.15, 0.2) is 66.1 Å². The fraction of sp³-hybridized carbons (Fsp3) is 0.0952. The highest BCUT2D eigenvalue weighted by atomic mass is 32.1. The van der Waals surface area contributed by atoms with Crippen molar-refractivity contribution in [3.63, 3.8) is 0 Å². The van der Waals surface area contributed by atoms with Gasteiger partial charge in [-0.15, -0.1) is 11.3 Å². The summed E-state index contributed by atoms with van der Waals surface area (Å²) < 4.78 is 5.22. The number of nitriles is 1. The van der Waals surface area contributed by atoms with E-state index in [0.29, 0.717) is 10.9 Å². The highest BCUT2D eigenvalue weighted by molar-refractivity contribution is 7.14. The fourth-order valence-corrected chi connectivity index (χ4v) is 3.21. The summed E-state index contributed by atoms with van der Waals surface area (Å²) >= 11 is 1.43. The first-order valence-corrected chi connectivity index (χ1v) is 9.14. The van der Waals surface area contributed by atoms with Gasteiger partial charge in [-0.25, -0.2) is 4.98 Å². The highest BCUT2D eigenvalue weighted by Crippen LogP contribution is 2.29. The number of para-hydroxylation sites is 1. The molecule has 0 saturated carbocycles. The van der Waals surface area contributed by atoms with E-state index in [1.54, 1.807) is 23.1 Å². The highest BCUT2D eigenvalue weighted by Gasteiger charge is 2.18. The summed E-state index contributed by atoms with van der Waals surface area (Å²) in [5.74, 6) is 0.435. The van der Waals surface area contributed by atoms with E-state index in [1.807, 2.05) is 60.8 Å². The topological polar surface area (TPSA) is 66.2 Å². The predicted molar refractivity (Wildman–Crippen MR) is 107 cm³/mol. The van der Waals surface area contributed by atoms with Crippen LogP contribution < -0.4 is 9.64 Å². The third-order valence-electron chi connectivity index (χ3n) is 3.63. The Bertz CT molecular complexity index is 973. The molecular weight excluding hydrogens is 358 g/mol. The van der Waals surface area contributed by atoms with Crippen LogP contribution in [0.5, 0.6) is 5.75 Å². The Kier molecular flexibility index (Phi) is 5.98. The lowest BCUT2D eigenvalue weighted by atomic mass is 10.2. The molecule has 5 nitrogen and oxygen atoms in total. The zero-order valence-corrected chi connectivity index (χ0v) is 15.5. The molecule has 1 aromatic heterocycles. The van der Waals surface area contributed by atoms with Gasteiger partial charge in [0.05, 0.1) is 11.4 Å². The van der Waals surface area contributed by atoms with Crippen LogP contribution in [0.2, 0.25) is 0 Å². The van der Waals surface area contributed by atoms with E-state index in [-0.39, 0.29) is 12.5 Å². The number of thiazole rings is 1. The Hall–Kier alpha value is -3.43. The van der Waals surface area contributed by atoms with E-state index in [2.05, 4.69) is 4.98 Å². The Balaban J connectivity index is 1.80. The minimum Gasteiger partial charge on any atom is -0.479 e. The average Bonchev–Trinajstić information content (AvgIpc) is 3.12. The van der Waals surface area contributed by atoms with Crippen LogP contribution in [-0.2, 0) is 4.79 Å². The monoisotopic (exact) mass is 375 g/mol. The summed E-state index contributed by atoms with van der Waals surface area (Å²) in [6, 6.07) is 18.6. The second-order valence-corrected chi connectivity index (χ2v) is 6.47. The maximum atomic E-state index is 12.9. The Morgan fingerprint density at radius 1 is 1.22 bits per heavy atom. The first-order valence-electron chi connectivity index (χ1n) is 8.26. The summed E-state index contributed by atoms with van der Waals surface area (Å²) in [6.45, 7) is 1.91. The quantitative estimate of drug-likeness (QED) is 0.584. The third kappa shape index (κ3) is 4.81. The zero-order chi connectivity index (χ0) is 19.1. The summed E-state index contributed by atoms with van der Waals surface area (Å²) in [7, 11) is 0. The normalized spacial score (nSPS) is 10.5. The number of ether oxygens (including phenoxy) is 1. The maximum Gasteiger partial charge on any atom is 0.257 e. The van der Waals surface area contributed by atoms with E-state index in [4.69, 9.17) is 10.00 Å². The van der Waals surface area contributed by atoms with E-state index >= 15 is 0 Å². The molecular formula is C21H17N3O2S. The lowest BCUT2D eigenvalue weighted by Gasteiger charge is -2.18. The van der Waals surface area contributed by atoms with Crippen LogP contribution in [0, 0.1) is 18.3 Å². The van der Waals surface area contributed by atoms with Crippen LogP contribution >= 0.6 is 11.3 Å². The summed E-state index contributed by atoms with van der Waals surface area (Å²) in [5, 5.41) is 11.1. The maximum absolute atomic E-state index is 12.9. The van der Waals surface area contributed by atoms with Crippen LogP contribution in [0.4, 0.5) is 10.8 Å². The van der Waals surface area contributed by atoms with Crippen molar-refractivity contribution >= 4 is 34.1 Å². The van der Waals surface area contributed by atoms with E-state index < -0.39 is 0 Å². The van der Waals surface area contributed by atoms with Crippen molar-refractivity contribution in [3.05, 3.63) is 77.3 Å². The number of hydrogen-bond acceptors (Lipinski definition) is 5. The van der Waals surface area contributed by atoms with E-state index in [1.165, 1.54) is 17.4 Å². The Morgan fingerprint density at radius 2 is 1.96 bits per heavy atom. The minimum atomic E-state index is -0.180. The molecule has 27 heavy (non-hydrogen) atoms. The molecule has 0 radical (unpaired) electrons. The number of rotatable bonds is 6. The molecule has 0 unspecified atom stereocenters. The van der Waals surface area contributed by atoms with Gasteiger partial charge in [0.1, 0.15) is 11.8 Å². The van der Waals surface area contributed by atoms with E-state index in [9.17, 15) is 4.79 Å². The van der Waals surface area contributed by atoms with Gasteiger partial charge in [-0.1, -0.05) is 30.3 Å². The van der Waals surface area contributed by atoms with Gasteiger partial charge < -0.3 is 4.74 Å². The molecule has 0 bridgehead atoms. The van der Waals surface area contributed by atoms with Crippen LogP contribution in [0.25, 0.3) is 6.08 Å². The van der Waals surface area contributed by atoms with Crippen molar-refractivity contribution in [3.8, 4) is 11.8 Å².